The van der Waals surface area contributed by atoms with Crippen molar-refractivity contribution in [2.45, 2.75) is 20.0 Å². The number of amides is 1. The second-order valence-electron chi connectivity index (χ2n) is 5.51. The van der Waals surface area contributed by atoms with Crippen LogP contribution in [0, 0.1) is 12.7 Å². The summed E-state index contributed by atoms with van der Waals surface area (Å²) in [6, 6.07) is 14.4. The summed E-state index contributed by atoms with van der Waals surface area (Å²) in [5.74, 6) is -0.294. The number of hydrogen-bond acceptors (Lipinski definition) is 2. The first-order chi connectivity index (χ1) is 10.5. The SMILES string of the molecule is Cc1ccccc1CNC(=O)CN(C)Cc1cccc(F)c1. The molecule has 22 heavy (non-hydrogen) atoms. The standard InChI is InChI=1S/C18H21FN2O/c1-14-6-3-4-8-16(14)11-20-18(22)13-21(2)12-15-7-5-9-17(19)10-15/h3-10H,11-13H2,1-2H3,(H,20,22). The third-order valence-corrected chi connectivity index (χ3v) is 3.49. The fourth-order valence-corrected chi connectivity index (χ4v) is 2.31. The molecule has 0 aliphatic carbocycles. The van der Waals surface area contributed by atoms with Gasteiger partial charge in [-0.3, -0.25) is 9.69 Å². The van der Waals surface area contributed by atoms with Crippen LogP contribution < -0.4 is 5.32 Å². The van der Waals surface area contributed by atoms with Crippen molar-refractivity contribution in [2.24, 2.45) is 0 Å². The number of likely N-dealkylation sites (N-methyl/N-ethyl adjacent to an activating group) is 1. The van der Waals surface area contributed by atoms with E-state index in [1.807, 2.05) is 49.2 Å². The number of carbonyl (C=O) groups excluding carboxylic acids is 1. The summed E-state index contributed by atoms with van der Waals surface area (Å²) in [5.41, 5.74) is 3.13. The Morgan fingerprint density at radius 3 is 2.68 bits per heavy atom. The highest BCUT2D eigenvalue weighted by Crippen LogP contribution is 2.07. The summed E-state index contributed by atoms with van der Waals surface area (Å²) in [6.45, 7) is 3.37. The summed E-state index contributed by atoms with van der Waals surface area (Å²) in [7, 11) is 1.85. The van der Waals surface area contributed by atoms with Gasteiger partial charge < -0.3 is 5.32 Å². The number of benzene rings is 2. The van der Waals surface area contributed by atoms with Gasteiger partial charge in [-0.05, 0) is 42.8 Å². The lowest BCUT2D eigenvalue weighted by atomic mass is 10.1. The summed E-state index contributed by atoms with van der Waals surface area (Å²) in [4.78, 5) is 13.8. The Labute approximate surface area is 130 Å². The van der Waals surface area contributed by atoms with E-state index in [0.29, 0.717) is 13.1 Å². The van der Waals surface area contributed by atoms with E-state index in [0.717, 1.165) is 16.7 Å². The van der Waals surface area contributed by atoms with Crippen molar-refractivity contribution in [1.29, 1.82) is 0 Å². The smallest absolute Gasteiger partial charge is 0.234 e. The zero-order valence-corrected chi connectivity index (χ0v) is 13.0. The molecular weight excluding hydrogens is 279 g/mol. The molecule has 1 amide bonds. The number of rotatable bonds is 6. The molecule has 116 valence electrons. The predicted molar refractivity (Wildman–Crippen MR) is 85.8 cm³/mol. The van der Waals surface area contributed by atoms with Gasteiger partial charge in [0.05, 0.1) is 6.54 Å². The van der Waals surface area contributed by atoms with Gasteiger partial charge in [-0.25, -0.2) is 4.39 Å². The van der Waals surface area contributed by atoms with E-state index < -0.39 is 0 Å². The highest BCUT2D eigenvalue weighted by Gasteiger charge is 2.08. The van der Waals surface area contributed by atoms with E-state index in [1.165, 1.54) is 12.1 Å². The van der Waals surface area contributed by atoms with Crippen molar-refractivity contribution >= 4 is 5.91 Å². The van der Waals surface area contributed by atoms with Crippen LogP contribution in [-0.2, 0) is 17.9 Å². The normalized spacial score (nSPS) is 10.7. The molecule has 0 spiro atoms. The average molecular weight is 300 g/mol. The Bertz CT molecular complexity index is 642. The van der Waals surface area contributed by atoms with Gasteiger partial charge in [0, 0.05) is 13.1 Å². The molecular formula is C18H21FN2O. The van der Waals surface area contributed by atoms with Crippen molar-refractivity contribution in [1.82, 2.24) is 10.2 Å². The van der Waals surface area contributed by atoms with Crippen LogP contribution in [0.1, 0.15) is 16.7 Å². The highest BCUT2D eigenvalue weighted by atomic mass is 19.1. The van der Waals surface area contributed by atoms with Crippen LogP contribution in [0.15, 0.2) is 48.5 Å². The maximum atomic E-state index is 13.1. The lowest BCUT2D eigenvalue weighted by Crippen LogP contribution is -2.34. The minimum atomic E-state index is -0.255. The largest absolute Gasteiger partial charge is 0.351 e. The Balaban J connectivity index is 1.80. The summed E-state index contributed by atoms with van der Waals surface area (Å²) in [5, 5.41) is 2.91. The molecule has 0 saturated heterocycles. The summed E-state index contributed by atoms with van der Waals surface area (Å²) in [6.07, 6.45) is 0. The number of aryl methyl sites for hydroxylation is 1. The maximum absolute atomic E-state index is 13.1. The van der Waals surface area contributed by atoms with Gasteiger partial charge in [0.15, 0.2) is 0 Å². The topological polar surface area (TPSA) is 32.3 Å². The van der Waals surface area contributed by atoms with Gasteiger partial charge in [0.25, 0.3) is 0 Å². The first-order valence-electron chi connectivity index (χ1n) is 7.29. The molecule has 0 saturated carbocycles. The molecule has 3 nitrogen and oxygen atoms in total. The summed E-state index contributed by atoms with van der Waals surface area (Å²) < 4.78 is 13.1. The van der Waals surface area contributed by atoms with E-state index in [1.54, 1.807) is 6.07 Å². The third-order valence-electron chi connectivity index (χ3n) is 3.49. The predicted octanol–water partition coefficient (Wildman–Crippen LogP) is 2.88. The molecule has 4 heteroatoms. The van der Waals surface area contributed by atoms with Crippen molar-refractivity contribution in [3.05, 3.63) is 71.0 Å². The molecule has 0 unspecified atom stereocenters. The highest BCUT2D eigenvalue weighted by molar-refractivity contribution is 5.78. The lowest BCUT2D eigenvalue weighted by molar-refractivity contribution is -0.122. The molecule has 0 aliphatic heterocycles. The Hall–Kier alpha value is -2.20. The fraction of sp³-hybridized carbons (Fsp3) is 0.278. The number of halogens is 1. The molecule has 1 N–H and O–H groups in total. The van der Waals surface area contributed by atoms with Crippen LogP contribution in [-0.4, -0.2) is 24.4 Å². The monoisotopic (exact) mass is 300 g/mol. The number of hydrogen-bond donors (Lipinski definition) is 1. The van der Waals surface area contributed by atoms with Gasteiger partial charge in [-0.15, -0.1) is 0 Å². The summed E-state index contributed by atoms with van der Waals surface area (Å²) >= 11 is 0. The van der Waals surface area contributed by atoms with Crippen molar-refractivity contribution < 1.29 is 9.18 Å². The molecule has 0 aromatic heterocycles. The molecule has 0 bridgehead atoms. The van der Waals surface area contributed by atoms with E-state index in [-0.39, 0.29) is 18.3 Å². The van der Waals surface area contributed by atoms with Gasteiger partial charge in [0.2, 0.25) is 5.91 Å². The average Bonchev–Trinajstić information content (AvgIpc) is 2.46. The van der Waals surface area contributed by atoms with Gasteiger partial charge in [-0.1, -0.05) is 36.4 Å². The quantitative estimate of drug-likeness (QED) is 0.889. The van der Waals surface area contributed by atoms with Gasteiger partial charge in [-0.2, -0.15) is 0 Å². The van der Waals surface area contributed by atoms with Crippen LogP contribution in [0.25, 0.3) is 0 Å². The molecule has 0 atom stereocenters. The molecule has 2 rings (SSSR count). The number of nitrogens with zero attached hydrogens (tertiary/aromatic N) is 1. The molecule has 0 fully saturated rings. The second-order valence-corrected chi connectivity index (χ2v) is 5.51. The Morgan fingerprint density at radius 1 is 1.18 bits per heavy atom. The first-order valence-corrected chi connectivity index (χ1v) is 7.29. The fourth-order valence-electron chi connectivity index (χ4n) is 2.31. The molecule has 2 aromatic rings. The van der Waals surface area contributed by atoms with Gasteiger partial charge in [0.1, 0.15) is 5.82 Å². The zero-order valence-electron chi connectivity index (χ0n) is 13.0. The number of carbonyl (C=O) groups is 1. The molecule has 2 aromatic carbocycles. The van der Waals surface area contributed by atoms with E-state index in [9.17, 15) is 9.18 Å². The van der Waals surface area contributed by atoms with Crippen LogP contribution in [0.3, 0.4) is 0 Å². The van der Waals surface area contributed by atoms with Crippen molar-refractivity contribution in [3.63, 3.8) is 0 Å². The van der Waals surface area contributed by atoms with E-state index in [2.05, 4.69) is 5.32 Å². The zero-order chi connectivity index (χ0) is 15.9. The van der Waals surface area contributed by atoms with Crippen LogP contribution >= 0.6 is 0 Å². The second kappa shape index (κ2) is 7.71. The van der Waals surface area contributed by atoms with Crippen LogP contribution in [0.4, 0.5) is 4.39 Å². The Kier molecular flexibility index (Phi) is 5.67. The number of nitrogens with one attached hydrogen (secondary N) is 1. The van der Waals surface area contributed by atoms with Crippen molar-refractivity contribution in [3.8, 4) is 0 Å². The Morgan fingerprint density at radius 2 is 1.95 bits per heavy atom. The van der Waals surface area contributed by atoms with Crippen LogP contribution in [0.2, 0.25) is 0 Å². The molecule has 0 heterocycles. The molecule has 0 radical (unpaired) electrons. The van der Waals surface area contributed by atoms with E-state index >= 15 is 0 Å². The lowest BCUT2D eigenvalue weighted by Gasteiger charge is -2.16. The van der Waals surface area contributed by atoms with Crippen molar-refractivity contribution in [2.75, 3.05) is 13.6 Å². The third kappa shape index (κ3) is 4.97. The van der Waals surface area contributed by atoms with Crippen LogP contribution in [0.5, 0.6) is 0 Å². The minimum Gasteiger partial charge on any atom is -0.351 e. The van der Waals surface area contributed by atoms with E-state index in [4.69, 9.17) is 0 Å². The maximum Gasteiger partial charge on any atom is 0.234 e. The first kappa shape index (κ1) is 16.2. The molecule has 0 aliphatic rings. The minimum absolute atomic E-state index is 0.0397. The van der Waals surface area contributed by atoms with Gasteiger partial charge >= 0.3 is 0 Å².